The van der Waals surface area contributed by atoms with Gasteiger partial charge in [-0.2, -0.15) is 10.5 Å². The summed E-state index contributed by atoms with van der Waals surface area (Å²) in [7, 11) is 0. The Hall–Kier alpha value is -1.53. The number of benzene rings is 2. The van der Waals surface area contributed by atoms with Crippen LogP contribution in [0.1, 0.15) is 5.56 Å². The first-order chi connectivity index (χ1) is 12.8. The van der Waals surface area contributed by atoms with Crippen LogP contribution in [0.3, 0.4) is 0 Å². The van der Waals surface area contributed by atoms with Crippen LogP contribution < -0.4 is 10.1 Å². The van der Waals surface area contributed by atoms with E-state index in [0.717, 1.165) is 7.14 Å². The van der Waals surface area contributed by atoms with E-state index in [1.807, 2.05) is 12.1 Å². The third-order valence-corrected chi connectivity index (χ3v) is 5.50. The summed E-state index contributed by atoms with van der Waals surface area (Å²) in [5, 5.41) is 21.3. The molecule has 136 valence electrons. The van der Waals surface area contributed by atoms with Crippen LogP contribution in [0.4, 0.5) is 5.69 Å². The van der Waals surface area contributed by atoms with Gasteiger partial charge in [0.05, 0.1) is 17.2 Å². The first kappa shape index (κ1) is 21.8. The number of nitrogens with zero attached hydrogens (tertiary/aromatic N) is 2. The second-order valence-electron chi connectivity index (χ2n) is 5.01. The summed E-state index contributed by atoms with van der Waals surface area (Å²) in [6.45, 7) is -0.0588. The van der Waals surface area contributed by atoms with E-state index in [9.17, 15) is 10.1 Å². The van der Waals surface area contributed by atoms with Crippen LogP contribution >= 0.6 is 68.4 Å². The van der Waals surface area contributed by atoms with Gasteiger partial charge in [0.1, 0.15) is 23.5 Å². The van der Waals surface area contributed by atoms with Gasteiger partial charge in [-0.1, -0.05) is 23.2 Å². The Morgan fingerprint density at radius 2 is 1.81 bits per heavy atom. The first-order valence-electron chi connectivity index (χ1n) is 7.22. The molecular formula is C18H9Cl2I2N3O2. The molecule has 5 nitrogen and oxygen atoms in total. The maximum Gasteiger partial charge on any atom is 0.266 e. The maximum atomic E-state index is 12.4. The zero-order valence-corrected chi connectivity index (χ0v) is 19.2. The van der Waals surface area contributed by atoms with Gasteiger partial charge in [-0.05, 0) is 87.2 Å². The average molecular weight is 624 g/mol. The van der Waals surface area contributed by atoms with Crippen molar-refractivity contribution in [1.29, 1.82) is 10.5 Å². The van der Waals surface area contributed by atoms with Gasteiger partial charge in [0.2, 0.25) is 0 Å². The van der Waals surface area contributed by atoms with E-state index in [4.69, 9.17) is 33.2 Å². The summed E-state index contributed by atoms with van der Waals surface area (Å²) in [5.74, 6) is 0.0272. The third-order valence-electron chi connectivity index (χ3n) is 3.16. The van der Waals surface area contributed by atoms with Crippen LogP contribution in [0.25, 0.3) is 6.08 Å². The van der Waals surface area contributed by atoms with E-state index >= 15 is 0 Å². The number of carbonyl (C=O) groups excluding carboxylic acids is 1. The highest BCUT2D eigenvalue weighted by Gasteiger charge is 2.13. The minimum atomic E-state index is -0.564. The molecule has 0 aliphatic heterocycles. The second kappa shape index (κ2) is 10.1. The van der Waals surface area contributed by atoms with Crippen molar-refractivity contribution in [1.82, 2.24) is 0 Å². The number of nitrogens with one attached hydrogen (secondary N) is 1. The molecule has 0 saturated heterocycles. The van der Waals surface area contributed by atoms with Gasteiger partial charge in [-0.15, -0.1) is 0 Å². The van der Waals surface area contributed by atoms with Crippen LogP contribution in [0.5, 0.6) is 5.75 Å². The van der Waals surface area contributed by atoms with Gasteiger partial charge < -0.3 is 10.1 Å². The van der Waals surface area contributed by atoms with Crippen molar-refractivity contribution in [3.63, 3.8) is 0 Å². The molecule has 9 heteroatoms. The largest absolute Gasteiger partial charge is 0.477 e. The van der Waals surface area contributed by atoms with Crippen LogP contribution in [0.2, 0.25) is 10.0 Å². The van der Waals surface area contributed by atoms with Crippen molar-refractivity contribution in [3.8, 4) is 17.9 Å². The molecule has 0 aromatic heterocycles. The van der Waals surface area contributed by atoms with Gasteiger partial charge in [-0.3, -0.25) is 4.79 Å². The predicted molar refractivity (Wildman–Crippen MR) is 122 cm³/mol. The molecule has 0 aliphatic rings. The van der Waals surface area contributed by atoms with E-state index in [1.54, 1.807) is 24.3 Å². The molecule has 0 unspecified atom stereocenters. The van der Waals surface area contributed by atoms with Crippen LogP contribution in [0.15, 0.2) is 35.9 Å². The Morgan fingerprint density at radius 1 is 1.15 bits per heavy atom. The Balaban J connectivity index is 2.27. The number of hydrogen-bond acceptors (Lipinski definition) is 4. The molecule has 0 spiro atoms. The molecule has 0 atom stereocenters. The molecule has 1 amide bonds. The molecule has 2 aromatic rings. The SMILES string of the molecule is N#CCOc1c(I)cc(/C=C(\C#N)C(=O)Nc2ccc(Cl)c(Cl)c2)cc1I. The lowest BCUT2D eigenvalue weighted by Gasteiger charge is -2.09. The molecule has 2 rings (SSSR count). The Morgan fingerprint density at radius 3 is 2.37 bits per heavy atom. The highest BCUT2D eigenvalue weighted by molar-refractivity contribution is 14.1. The minimum Gasteiger partial charge on any atom is -0.477 e. The summed E-state index contributed by atoms with van der Waals surface area (Å²) in [6.07, 6.45) is 1.48. The summed E-state index contributed by atoms with van der Waals surface area (Å²) in [5.41, 5.74) is 1.02. The molecule has 0 saturated carbocycles. The fourth-order valence-electron chi connectivity index (χ4n) is 1.99. The number of hydrogen-bond donors (Lipinski definition) is 1. The van der Waals surface area contributed by atoms with Gasteiger partial charge in [-0.25, -0.2) is 0 Å². The maximum absolute atomic E-state index is 12.4. The number of ether oxygens (including phenoxy) is 1. The fraction of sp³-hybridized carbons (Fsp3) is 0.0556. The normalized spacial score (nSPS) is 10.7. The number of halogens is 4. The number of rotatable bonds is 5. The number of carbonyl (C=O) groups is 1. The van der Waals surface area contributed by atoms with Crippen molar-refractivity contribution < 1.29 is 9.53 Å². The Kier molecular flexibility index (Phi) is 8.17. The van der Waals surface area contributed by atoms with Crippen molar-refractivity contribution in [3.05, 3.63) is 58.7 Å². The molecule has 2 aromatic carbocycles. The monoisotopic (exact) mass is 623 g/mol. The molecule has 1 N–H and O–H groups in total. The standard InChI is InChI=1S/C18H9Cl2I2N3O2/c19-13-2-1-12(8-14(13)20)25-18(26)11(9-24)5-10-6-15(21)17(16(22)7-10)27-4-3-23/h1-2,5-8H,4H2,(H,25,26)/b11-5+. The second-order valence-corrected chi connectivity index (χ2v) is 8.15. The molecule has 0 aliphatic carbocycles. The first-order valence-corrected chi connectivity index (χ1v) is 10.1. The van der Waals surface area contributed by atoms with Crippen molar-refractivity contribution in [2.75, 3.05) is 11.9 Å². The summed E-state index contributed by atoms with van der Waals surface area (Å²) >= 11 is 15.9. The van der Waals surface area contributed by atoms with E-state index in [1.165, 1.54) is 12.1 Å². The van der Waals surface area contributed by atoms with E-state index < -0.39 is 5.91 Å². The third kappa shape index (κ3) is 5.98. The molecule has 0 heterocycles. The topological polar surface area (TPSA) is 85.9 Å². The van der Waals surface area contributed by atoms with Crippen LogP contribution in [-0.2, 0) is 4.79 Å². The molecule has 0 radical (unpaired) electrons. The zero-order chi connectivity index (χ0) is 20.0. The minimum absolute atomic E-state index is 0.0588. The summed E-state index contributed by atoms with van der Waals surface area (Å²) < 4.78 is 6.92. The number of nitriles is 2. The lowest BCUT2D eigenvalue weighted by molar-refractivity contribution is -0.112. The summed E-state index contributed by atoms with van der Waals surface area (Å²) in [4.78, 5) is 12.4. The molecule has 0 bridgehead atoms. The number of anilines is 1. The predicted octanol–water partition coefficient (Wildman–Crippen LogP) is 5.65. The zero-order valence-electron chi connectivity index (χ0n) is 13.4. The van der Waals surface area contributed by atoms with Crippen LogP contribution in [-0.4, -0.2) is 12.5 Å². The summed E-state index contributed by atoms with van der Waals surface area (Å²) in [6, 6.07) is 12.0. The Labute approximate surface area is 193 Å². The molecule has 0 fully saturated rings. The molecule has 27 heavy (non-hydrogen) atoms. The van der Waals surface area contributed by atoms with E-state index in [-0.39, 0.29) is 12.2 Å². The van der Waals surface area contributed by atoms with Gasteiger partial charge in [0.15, 0.2) is 6.61 Å². The molecular weight excluding hydrogens is 615 g/mol. The van der Waals surface area contributed by atoms with Crippen molar-refractivity contribution >= 4 is 86.1 Å². The van der Waals surface area contributed by atoms with E-state index in [0.29, 0.717) is 27.0 Å². The Bertz CT molecular complexity index is 988. The quantitative estimate of drug-likeness (QED) is 0.265. The van der Waals surface area contributed by atoms with Crippen molar-refractivity contribution in [2.45, 2.75) is 0 Å². The van der Waals surface area contributed by atoms with Crippen LogP contribution in [0, 0.1) is 29.8 Å². The number of amides is 1. The highest BCUT2D eigenvalue weighted by Crippen LogP contribution is 2.30. The van der Waals surface area contributed by atoms with Gasteiger partial charge >= 0.3 is 0 Å². The van der Waals surface area contributed by atoms with Crippen molar-refractivity contribution in [2.24, 2.45) is 0 Å². The fourth-order valence-corrected chi connectivity index (χ4v) is 4.42. The van der Waals surface area contributed by atoms with Gasteiger partial charge in [0.25, 0.3) is 5.91 Å². The lowest BCUT2D eigenvalue weighted by atomic mass is 10.1. The van der Waals surface area contributed by atoms with Gasteiger partial charge in [0, 0.05) is 5.69 Å². The highest BCUT2D eigenvalue weighted by atomic mass is 127. The lowest BCUT2D eigenvalue weighted by Crippen LogP contribution is -2.13. The van der Waals surface area contributed by atoms with E-state index in [2.05, 4.69) is 50.5 Å². The average Bonchev–Trinajstić information content (AvgIpc) is 2.62. The smallest absolute Gasteiger partial charge is 0.266 e.